The molecule has 0 aliphatic carbocycles. The summed E-state index contributed by atoms with van der Waals surface area (Å²) < 4.78 is 0. The molecule has 0 bridgehead atoms. The molecule has 1 nitrogen and oxygen atoms in total. The predicted molar refractivity (Wildman–Crippen MR) is 99.4 cm³/mol. The van der Waals surface area contributed by atoms with E-state index in [2.05, 4.69) is 19.1 Å². The van der Waals surface area contributed by atoms with E-state index in [0.717, 1.165) is 19.1 Å². The summed E-state index contributed by atoms with van der Waals surface area (Å²) in [6.45, 7) is 2.28. The van der Waals surface area contributed by atoms with Crippen molar-refractivity contribution in [2.75, 3.05) is 0 Å². The van der Waals surface area contributed by atoms with Gasteiger partial charge in [-0.3, -0.25) is 0 Å². The second kappa shape index (κ2) is 20.4. The third-order valence-electron chi connectivity index (χ3n) is 4.33. The third-order valence-corrected chi connectivity index (χ3v) is 4.33. The highest BCUT2D eigenvalue weighted by atomic mass is 16.1. The van der Waals surface area contributed by atoms with Gasteiger partial charge in [-0.05, 0) is 32.1 Å². The lowest BCUT2D eigenvalue weighted by Gasteiger charge is -2.00. The molecule has 0 radical (unpaired) electrons. The Bertz CT molecular complexity index is 232. The molecule has 0 aliphatic heterocycles. The van der Waals surface area contributed by atoms with Crippen molar-refractivity contribution in [1.29, 1.82) is 0 Å². The van der Waals surface area contributed by atoms with E-state index in [-0.39, 0.29) is 0 Å². The van der Waals surface area contributed by atoms with Crippen molar-refractivity contribution in [3.05, 3.63) is 12.2 Å². The molecular weight excluding hydrogens is 268 g/mol. The standard InChI is InChI=1S/C21H40O/c1-2-3-4-5-6-7-8-9-10-11-12-13-14-15-16-17-18-19-20-21-22/h11-12,21H,2-10,13-20H2,1H3/b12-11+. The van der Waals surface area contributed by atoms with Gasteiger partial charge in [0, 0.05) is 6.42 Å². The summed E-state index contributed by atoms with van der Waals surface area (Å²) >= 11 is 0. The first kappa shape index (κ1) is 21.4. The summed E-state index contributed by atoms with van der Waals surface area (Å²) in [6.07, 6.45) is 28.1. The van der Waals surface area contributed by atoms with Crippen molar-refractivity contribution >= 4 is 6.29 Å². The number of rotatable bonds is 18. The Labute approximate surface area is 140 Å². The van der Waals surface area contributed by atoms with Gasteiger partial charge in [-0.15, -0.1) is 0 Å². The fourth-order valence-electron chi connectivity index (χ4n) is 2.83. The molecular formula is C21H40O. The highest BCUT2D eigenvalue weighted by molar-refractivity contribution is 5.48. The molecule has 0 amide bonds. The number of aldehydes is 1. The second-order valence-electron chi connectivity index (χ2n) is 6.60. The number of allylic oxidation sites excluding steroid dienone is 2. The summed E-state index contributed by atoms with van der Waals surface area (Å²) in [5.41, 5.74) is 0. The maximum Gasteiger partial charge on any atom is 0.119 e. The molecule has 0 saturated heterocycles. The molecule has 0 aromatic heterocycles. The first-order valence-corrected chi connectivity index (χ1v) is 10.0. The van der Waals surface area contributed by atoms with Crippen LogP contribution < -0.4 is 0 Å². The van der Waals surface area contributed by atoms with Gasteiger partial charge in [0.1, 0.15) is 6.29 Å². The van der Waals surface area contributed by atoms with Gasteiger partial charge in [0.15, 0.2) is 0 Å². The number of carbonyl (C=O) groups excluding carboxylic acids is 1. The summed E-state index contributed by atoms with van der Waals surface area (Å²) in [4.78, 5) is 10.2. The second-order valence-corrected chi connectivity index (χ2v) is 6.60. The van der Waals surface area contributed by atoms with Crippen LogP contribution in [0.15, 0.2) is 12.2 Å². The monoisotopic (exact) mass is 308 g/mol. The van der Waals surface area contributed by atoms with E-state index in [1.54, 1.807) is 0 Å². The average Bonchev–Trinajstić information content (AvgIpc) is 2.54. The van der Waals surface area contributed by atoms with Crippen molar-refractivity contribution in [3.8, 4) is 0 Å². The molecule has 0 aliphatic rings. The minimum atomic E-state index is 0.751. The van der Waals surface area contributed by atoms with Crippen LogP contribution in [0.2, 0.25) is 0 Å². The van der Waals surface area contributed by atoms with Crippen LogP contribution in [0.5, 0.6) is 0 Å². The Morgan fingerprint density at radius 2 is 0.864 bits per heavy atom. The summed E-state index contributed by atoms with van der Waals surface area (Å²) in [7, 11) is 0. The largest absolute Gasteiger partial charge is 0.303 e. The molecule has 0 atom stereocenters. The van der Waals surface area contributed by atoms with Gasteiger partial charge in [-0.25, -0.2) is 0 Å². The highest BCUT2D eigenvalue weighted by Gasteiger charge is 1.91. The number of hydrogen-bond donors (Lipinski definition) is 0. The SMILES string of the molecule is CCCCCCCCCC/C=C/CCCCCCCCC=O. The molecule has 0 aromatic carbocycles. The van der Waals surface area contributed by atoms with Gasteiger partial charge >= 0.3 is 0 Å². The topological polar surface area (TPSA) is 17.1 Å². The van der Waals surface area contributed by atoms with Crippen LogP contribution in [-0.2, 0) is 4.79 Å². The Kier molecular flexibility index (Phi) is 19.9. The van der Waals surface area contributed by atoms with Gasteiger partial charge < -0.3 is 4.79 Å². The first-order chi connectivity index (χ1) is 10.9. The molecule has 0 unspecified atom stereocenters. The highest BCUT2D eigenvalue weighted by Crippen LogP contribution is 2.11. The van der Waals surface area contributed by atoms with E-state index < -0.39 is 0 Å². The van der Waals surface area contributed by atoms with Crippen molar-refractivity contribution in [2.45, 2.75) is 116 Å². The molecule has 0 rings (SSSR count). The third kappa shape index (κ3) is 19.4. The molecule has 0 saturated carbocycles. The normalized spacial score (nSPS) is 11.3. The predicted octanol–water partition coefficient (Wildman–Crippen LogP) is 7.39. The van der Waals surface area contributed by atoms with Gasteiger partial charge in [-0.2, -0.15) is 0 Å². The Morgan fingerprint density at radius 1 is 0.500 bits per heavy atom. The lowest BCUT2D eigenvalue weighted by molar-refractivity contribution is -0.107. The Morgan fingerprint density at radius 3 is 1.27 bits per heavy atom. The van der Waals surface area contributed by atoms with Gasteiger partial charge in [-0.1, -0.05) is 89.7 Å². The maximum atomic E-state index is 10.2. The fourth-order valence-corrected chi connectivity index (χ4v) is 2.83. The van der Waals surface area contributed by atoms with Gasteiger partial charge in [0.2, 0.25) is 0 Å². The maximum absolute atomic E-state index is 10.2. The zero-order valence-corrected chi connectivity index (χ0v) is 15.2. The zero-order chi connectivity index (χ0) is 16.1. The minimum absolute atomic E-state index is 0.751. The molecule has 0 N–H and O–H groups in total. The molecule has 0 fully saturated rings. The van der Waals surface area contributed by atoms with E-state index in [4.69, 9.17) is 0 Å². The fraction of sp³-hybridized carbons (Fsp3) is 0.857. The molecule has 0 aromatic rings. The average molecular weight is 309 g/mol. The first-order valence-electron chi connectivity index (χ1n) is 10.0. The summed E-state index contributed by atoms with van der Waals surface area (Å²) in [5, 5.41) is 0. The number of carbonyl (C=O) groups is 1. The van der Waals surface area contributed by atoms with E-state index in [1.165, 1.54) is 96.3 Å². The molecule has 0 spiro atoms. The van der Waals surface area contributed by atoms with E-state index >= 15 is 0 Å². The van der Waals surface area contributed by atoms with Crippen LogP contribution >= 0.6 is 0 Å². The number of unbranched alkanes of at least 4 members (excludes halogenated alkanes) is 15. The molecule has 1 heteroatoms. The smallest absolute Gasteiger partial charge is 0.119 e. The Hall–Kier alpha value is -0.590. The zero-order valence-electron chi connectivity index (χ0n) is 15.2. The van der Waals surface area contributed by atoms with Crippen LogP contribution in [0.1, 0.15) is 116 Å². The lowest BCUT2D eigenvalue weighted by Crippen LogP contribution is -1.81. The van der Waals surface area contributed by atoms with Crippen molar-refractivity contribution in [3.63, 3.8) is 0 Å². The minimum Gasteiger partial charge on any atom is -0.303 e. The van der Waals surface area contributed by atoms with Crippen LogP contribution in [-0.4, -0.2) is 6.29 Å². The Balaban J connectivity index is 3.04. The van der Waals surface area contributed by atoms with Crippen LogP contribution in [0.3, 0.4) is 0 Å². The molecule has 22 heavy (non-hydrogen) atoms. The van der Waals surface area contributed by atoms with Crippen LogP contribution in [0, 0.1) is 0 Å². The van der Waals surface area contributed by atoms with E-state index in [9.17, 15) is 4.79 Å². The molecule has 130 valence electrons. The molecule has 0 heterocycles. The van der Waals surface area contributed by atoms with Crippen LogP contribution in [0.4, 0.5) is 0 Å². The van der Waals surface area contributed by atoms with Gasteiger partial charge in [0.05, 0.1) is 0 Å². The van der Waals surface area contributed by atoms with Crippen LogP contribution in [0.25, 0.3) is 0 Å². The van der Waals surface area contributed by atoms with Crippen molar-refractivity contribution in [1.82, 2.24) is 0 Å². The van der Waals surface area contributed by atoms with E-state index in [0.29, 0.717) is 0 Å². The quantitative estimate of drug-likeness (QED) is 0.146. The van der Waals surface area contributed by atoms with E-state index in [1.807, 2.05) is 0 Å². The van der Waals surface area contributed by atoms with Gasteiger partial charge in [0.25, 0.3) is 0 Å². The summed E-state index contributed by atoms with van der Waals surface area (Å²) in [5.74, 6) is 0. The van der Waals surface area contributed by atoms with Crippen molar-refractivity contribution < 1.29 is 4.79 Å². The van der Waals surface area contributed by atoms with Crippen molar-refractivity contribution in [2.24, 2.45) is 0 Å². The summed E-state index contributed by atoms with van der Waals surface area (Å²) in [6, 6.07) is 0. The lowest BCUT2D eigenvalue weighted by atomic mass is 10.1. The number of hydrogen-bond acceptors (Lipinski definition) is 1.